The summed E-state index contributed by atoms with van der Waals surface area (Å²) in [4.78, 5) is 43.7. The lowest BCUT2D eigenvalue weighted by molar-refractivity contribution is 0.0925. The molecule has 0 fully saturated rings. The van der Waals surface area contributed by atoms with Gasteiger partial charge in [0.1, 0.15) is 11.4 Å². The second kappa shape index (κ2) is 7.12. The molecule has 2 amide bonds. The largest absolute Gasteiger partial charge is 0.497 e. The number of hydrogen-bond acceptors (Lipinski definition) is 6. The molecule has 2 aromatic carbocycles. The number of imide groups is 1. The minimum atomic E-state index is -0.459. The Bertz CT molecular complexity index is 1420. The summed E-state index contributed by atoms with van der Waals surface area (Å²) < 4.78 is 6.82. The number of fused-ring (bicyclic) bond motifs is 3. The van der Waals surface area contributed by atoms with E-state index in [1.54, 1.807) is 43.1 Å². The molecular weight excluding hydrogens is 408 g/mol. The topological polar surface area (TPSA) is 94.4 Å². The van der Waals surface area contributed by atoms with Gasteiger partial charge in [0.15, 0.2) is 11.4 Å². The van der Waals surface area contributed by atoms with E-state index in [2.05, 4.69) is 10.1 Å². The third-order valence-electron chi connectivity index (χ3n) is 5.60. The molecule has 0 saturated carbocycles. The summed E-state index contributed by atoms with van der Waals surface area (Å²) in [6.45, 7) is 1.46. The lowest BCUT2D eigenvalue weighted by Crippen LogP contribution is -2.29. The van der Waals surface area contributed by atoms with Gasteiger partial charge in [-0.1, -0.05) is 0 Å². The van der Waals surface area contributed by atoms with Gasteiger partial charge in [0, 0.05) is 24.4 Å². The second-order valence-electron chi connectivity index (χ2n) is 7.49. The summed E-state index contributed by atoms with van der Waals surface area (Å²) in [5.41, 5.74) is 3.23. The fourth-order valence-corrected chi connectivity index (χ4v) is 3.96. The van der Waals surface area contributed by atoms with Crippen molar-refractivity contribution in [3.8, 4) is 17.0 Å². The van der Waals surface area contributed by atoms with Gasteiger partial charge in [-0.3, -0.25) is 14.4 Å². The molecule has 5 rings (SSSR count). The van der Waals surface area contributed by atoms with Gasteiger partial charge in [0.25, 0.3) is 11.8 Å². The zero-order valence-electron chi connectivity index (χ0n) is 17.6. The predicted molar refractivity (Wildman–Crippen MR) is 118 cm³/mol. The standard InChI is InChI=1S/C24H18N4O4/c1-13(29)14-4-8-16(9-5-14)28-23(30)18-12-25-22-20(19(18)24(28)31)21(26-27(22)2)15-6-10-17(32-3)11-7-15/h4-12H,1-3H3. The summed E-state index contributed by atoms with van der Waals surface area (Å²) in [6, 6.07) is 13.7. The number of ether oxygens (including phenoxy) is 1. The van der Waals surface area contributed by atoms with Gasteiger partial charge in [-0.05, 0) is 55.5 Å². The number of aromatic nitrogens is 3. The summed E-state index contributed by atoms with van der Waals surface area (Å²) in [5, 5.41) is 5.10. The summed E-state index contributed by atoms with van der Waals surface area (Å²) >= 11 is 0. The van der Waals surface area contributed by atoms with E-state index < -0.39 is 11.8 Å². The smallest absolute Gasteiger partial charge is 0.267 e. The van der Waals surface area contributed by atoms with E-state index in [-0.39, 0.29) is 16.9 Å². The number of anilines is 1. The molecule has 0 radical (unpaired) electrons. The summed E-state index contributed by atoms with van der Waals surface area (Å²) in [7, 11) is 3.33. The molecule has 0 N–H and O–H groups in total. The fourth-order valence-electron chi connectivity index (χ4n) is 3.96. The molecule has 0 bridgehead atoms. The van der Waals surface area contributed by atoms with Crippen molar-refractivity contribution in [2.45, 2.75) is 6.92 Å². The molecule has 0 aliphatic carbocycles. The normalized spacial score (nSPS) is 13.0. The van der Waals surface area contributed by atoms with Gasteiger partial charge in [0.2, 0.25) is 0 Å². The lowest BCUT2D eigenvalue weighted by atomic mass is 10.0. The number of carbonyl (C=O) groups is 3. The lowest BCUT2D eigenvalue weighted by Gasteiger charge is -2.14. The molecule has 158 valence electrons. The molecule has 2 aromatic heterocycles. The van der Waals surface area contributed by atoms with Crippen LogP contribution in [-0.2, 0) is 7.05 Å². The molecule has 0 spiro atoms. The van der Waals surface area contributed by atoms with E-state index in [0.717, 1.165) is 10.5 Å². The van der Waals surface area contributed by atoms with Crippen molar-refractivity contribution >= 4 is 34.3 Å². The summed E-state index contributed by atoms with van der Waals surface area (Å²) in [6.07, 6.45) is 1.42. The monoisotopic (exact) mass is 426 g/mol. The maximum Gasteiger partial charge on any atom is 0.267 e. The fraction of sp³-hybridized carbons (Fsp3) is 0.125. The van der Waals surface area contributed by atoms with Crippen LogP contribution in [0.15, 0.2) is 54.7 Å². The SMILES string of the molecule is COc1ccc(-c2nn(C)c3ncc4c(c23)C(=O)N(c2ccc(C(C)=O)cc2)C4=O)cc1. The first-order valence-electron chi connectivity index (χ1n) is 9.90. The number of hydrogen-bond donors (Lipinski definition) is 0. The van der Waals surface area contributed by atoms with E-state index in [9.17, 15) is 14.4 Å². The zero-order valence-corrected chi connectivity index (χ0v) is 17.6. The maximum atomic E-state index is 13.5. The third kappa shape index (κ3) is 2.80. The molecular formula is C24H18N4O4. The Hall–Kier alpha value is -4.33. The van der Waals surface area contributed by atoms with E-state index in [1.807, 2.05) is 24.3 Å². The molecule has 32 heavy (non-hydrogen) atoms. The van der Waals surface area contributed by atoms with Crippen molar-refractivity contribution in [2.24, 2.45) is 7.05 Å². The van der Waals surface area contributed by atoms with E-state index in [4.69, 9.17) is 4.74 Å². The van der Waals surface area contributed by atoms with Gasteiger partial charge in [-0.25, -0.2) is 14.6 Å². The van der Waals surface area contributed by atoms with Crippen molar-refractivity contribution < 1.29 is 19.1 Å². The first-order chi connectivity index (χ1) is 15.4. The Labute approximate surface area is 183 Å². The molecule has 0 unspecified atom stereocenters. The van der Waals surface area contributed by atoms with Crippen molar-refractivity contribution in [3.63, 3.8) is 0 Å². The van der Waals surface area contributed by atoms with E-state index in [0.29, 0.717) is 33.7 Å². The molecule has 3 heterocycles. The number of Topliss-reactive ketones (excluding diaryl/α,β-unsaturated/α-hetero) is 1. The van der Waals surface area contributed by atoms with E-state index >= 15 is 0 Å². The van der Waals surface area contributed by atoms with Crippen LogP contribution in [-0.4, -0.2) is 39.5 Å². The predicted octanol–water partition coefficient (Wildman–Crippen LogP) is 3.65. The van der Waals surface area contributed by atoms with Gasteiger partial charge in [-0.2, -0.15) is 5.10 Å². The van der Waals surface area contributed by atoms with Crippen LogP contribution in [0.4, 0.5) is 5.69 Å². The molecule has 1 aliphatic heterocycles. The summed E-state index contributed by atoms with van der Waals surface area (Å²) in [5.74, 6) is -0.302. The molecule has 0 saturated heterocycles. The van der Waals surface area contributed by atoms with Crippen LogP contribution in [0.3, 0.4) is 0 Å². The average Bonchev–Trinajstić information content (AvgIpc) is 3.27. The molecule has 8 heteroatoms. The van der Waals surface area contributed by atoms with Gasteiger partial charge < -0.3 is 4.74 Å². The number of carbonyl (C=O) groups excluding carboxylic acids is 3. The second-order valence-corrected chi connectivity index (χ2v) is 7.49. The first-order valence-corrected chi connectivity index (χ1v) is 9.90. The number of benzene rings is 2. The van der Waals surface area contributed by atoms with E-state index in [1.165, 1.54) is 13.1 Å². The number of methoxy groups -OCH3 is 1. The Balaban J connectivity index is 1.68. The van der Waals surface area contributed by atoms with Crippen LogP contribution >= 0.6 is 0 Å². The maximum absolute atomic E-state index is 13.5. The Kier molecular flexibility index (Phi) is 4.37. The van der Waals surface area contributed by atoms with Crippen LogP contribution in [0.5, 0.6) is 5.75 Å². The molecule has 0 atom stereocenters. The third-order valence-corrected chi connectivity index (χ3v) is 5.60. The molecule has 4 aromatic rings. The van der Waals surface area contributed by atoms with Crippen molar-refractivity contribution in [1.82, 2.24) is 14.8 Å². The Morgan fingerprint density at radius 2 is 1.66 bits per heavy atom. The van der Waals surface area contributed by atoms with Crippen molar-refractivity contribution in [2.75, 3.05) is 12.0 Å². The van der Waals surface area contributed by atoms with Gasteiger partial charge in [0.05, 0.1) is 29.3 Å². The van der Waals surface area contributed by atoms with Gasteiger partial charge >= 0.3 is 0 Å². The number of ketones is 1. The number of pyridine rings is 1. The Morgan fingerprint density at radius 3 is 2.28 bits per heavy atom. The van der Waals surface area contributed by atoms with Crippen LogP contribution in [0.1, 0.15) is 38.0 Å². The minimum Gasteiger partial charge on any atom is -0.497 e. The highest BCUT2D eigenvalue weighted by Gasteiger charge is 2.40. The highest BCUT2D eigenvalue weighted by atomic mass is 16.5. The van der Waals surface area contributed by atoms with Crippen molar-refractivity contribution in [1.29, 1.82) is 0 Å². The van der Waals surface area contributed by atoms with Crippen LogP contribution in [0.25, 0.3) is 22.3 Å². The van der Waals surface area contributed by atoms with Gasteiger partial charge in [-0.15, -0.1) is 0 Å². The molecule has 1 aliphatic rings. The Morgan fingerprint density at radius 1 is 0.969 bits per heavy atom. The minimum absolute atomic E-state index is 0.0932. The number of rotatable bonds is 4. The number of aryl methyl sites for hydroxylation is 1. The quantitative estimate of drug-likeness (QED) is 0.365. The van der Waals surface area contributed by atoms with Crippen molar-refractivity contribution in [3.05, 3.63) is 71.4 Å². The van der Waals surface area contributed by atoms with Crippen LogP contribution < -0.4 is 9.64 Å². The van der Waals surface area contributed by atoms with Crippen LogP contribution in [0, 0.1) is 0 Å². The zero-order chi connectivity index (χ0) is 22.6. The molecule has 8 nitrogen and oxygen atoms in total. The number of amides is 2. The number of nitrogens with zero attached hydrogens (tertiary/aromatic N) is 4. The highest BCUT2D eigenvalue weighted by Crippen LogP contribution is 2.37. The van der Waals surface area contributed by atoms with Crippen LogP contribution in [0.2, 0.25) is 0 Å². The average molecular weight is 426 g/mol. The first kappa shape index (κ1) is 19.6. The highest BCUT2D eigenvalue weighted by molar-refractivity contribution is 6.38.